The molecule has 1 atom stereocenters. The zero-order chi connectivity index (χ0) is 25.6. The van der Waals surface area contributed by atoms with Gasteiger partial charge in [0.1, 0.15) is 17.0 Å². The third-order valence-corrected chi connectivity index (χ3v) is 5.69. The number of carbonyl (C=O) groups is 3. The summed E-state index contributed by atoms with van der Waals surface area (Å²) in [6.45, 7) is 5.30. The van der Waals surface area contributed by atoms with Gasteiger partial charge in [-0.25, -0.2) is 14.6 Å². The van der Waals surface area contributed by atoms with E-state index in [0.29, 0.717) is 28.3 Å². The highest BCUT2D eigenvalue weighted by Crippen LogP contribution is 2.34. The smallest absolute Gasteiger partial charge is 0.412 e. The van der Waals surface area contributed by atoms with Gasteiger partial charge in [0.2, 0.25) is 0 Å². The molecule has 0 aliphatic rings. The molecule has 0 spiro atoms. The van der Waals surface area contributed by atoms with Crippen LogP contribution in [0.5, 0.6) is 5.75 Å². The molecule has 0 aliphatic carbocycles. The van der Waals surface area contributed by atoms with E-state index >= 15 is 0 Å². The number of methoxy groups -OCH3 is 2. The highest BCUT2D eigenvalue weighted by molar-refractivity contribution is 7.08. The van der Waals surface area contributed by atoms with E-state index in [1.54, 1.807) is 68.6 Å². The highest BCUT2D eigenvalue weighted by atomic mass is 32.1. The summed E-state index contributed by atoms with van der Waals surface area (Å²) in [6.07, 6.45) is -0.464. The molecule has 2 aromatic heterocycles. The fraction of sp³-hybridized carbons (Fsp3) is 0.308. The number of nitrogens with zero attached hydrogens (tertiary/aromatic N) is 1. The maximum absolute atomic E-state index is 13.6. The molecule has 0 aliphatic heterocycles. The zero-order valence-corrected chi connectivity index (χ0v) is 21.1. The molecular weight excluding hydrogens is 468 g/mol. The van der Waals surface area contributed by atoms with E-state index in [4.69, 9.17) is 14.2 Å². The van der Waals surface area contributed by atoms with Gasteiger partial charge in [-0.3, -0.25) is 10.1 Å². The van der Waals surface area contributed by atoms with Crippen molar-refractivity contribution in [2.45, 2.75) is 38.7 Å². The lowest BCUT2D eigenvalue weighted by Crippen LogP contribution is -2.28. The Kier molecular flexibility index (Phi) is 8.24. The molecule has 0 radical (unpaired) electrons. The predicted octanol–water partition coefficient (Wildman–Crippen LogP) is 5.49. The molecule has 1 aromatic carbocycles. The van der Waals surface area contributed by atoms with Gasteiger partial charge in [0.05, 0.1) is 25.8 Å². The fourth-order valence-corrected chi connectivity index (χ4v) is 4.10. The monoisotopic (exact) mass is 496 g/mol. The zero-order valence-electron chi connectivity index (χ0n) is 20.3. The van der Waals surface area contributed by atoms with Gasteiger partial charge in [0, 0.05) is 29.1 Å². The molecule has 8 nitrogen and oxygen atoms in total. The third-order valence-electron chi connectivity index (χ3n) is 5.01. The summed E-state index contributed by atoms with van der Waals surface area (Å²) in [7, 11) is 2.80. The van der Waals surface area contributed by atoms with Gasteiger partial charge in [-0.05, 0) is 56.0 Å². The van der Waals surface area contributed by atoms with Gasteiger partial charge in [-0.1, -0.05) is 12.1 Å². The highest BCUT2D eigenvalue weighted by Gasteiger charge is 2.28. The summed E-state index contributed by atoms with van der Waals surface area (Å²) in [6, 6.07) is 11.8. The number of benzene rings is 1. The SMILES string of the molecule is COC(=O)c1cccc(CC(C(=O)c2ccsc2)c2ccc(OC)cc2NC(=O)OC(C)(C)C)n1. The van der Waals surface area contributed by atoms with Crippen molar-refractivity contribution in [2.75, 3.05) is 19.5 Å². The average molecular weight is 497 g/mol. The first kappa shape index (κ1) is 25.9. The Bertz CT molecular complexity index is 1200. The van der Waals surface area contributed by atoms with Crippen LogP contribution in [-0.4, -0.2) is 42.7 Å². The number of esters is 1. The van der Waals surface area contributed by atoms with E-state index in [1.807, 2.05) is 5.38 Å². The Morgan fingerprint density at radius 1 is 1.09 bits per heavy atom. The van der Waals surface area contributed by atoms with Crippen molar-refractivity contribution < 1.29 is 28.6 Å². The quantitative estimate of drug-likeness (QED) is 0.325. The number of thiophene rings is 1. The van der Waals surface area contributed by atoms with Crippen LogP contribution in [0.25, 0.3) is 0 Å². The lowest BCUT2D eigenvalue weighted by molar-refractivity contribution is 0.0591. The maximum atomic E-state index is 13.6. The molecule has 0 saturated heterocycles. The van der Waals surface area contributed by atoms with E-state index in [1.165, 1.54) is 25.6 Å². The molecule has 0 saturated carbocycles. The molecule has 1 amide bonds. The van der Waals surface area contributed by atoms with Crippen molar-refractivity contribution in [3.8, 4) is 5.75 Å². The van der Waals surface area contributed by atoms with Crippen LogP contribution in [0.1, 0.15) is 58.8 Å². The minimum atomic E-state index is -0.708. The van der Waals surface area contributed by atoms with Crippen LogP contribution in [0.4, 0.5) is 10.5 Å². The van der Waals surface area contributed by atoms with Crippen LogP contribution in [0, 0.1) is 0 Å². The number of ether oxygens (including phenoxy) is 3. The standard InChI is InChI=1S/C26H28N2O6S/c1-26(2,3)34-25(31)28-22-14-18(32-4)9-10-19(22)20(23(29)16-11-12-35-15-16)13-17-7-6-8-21(27-17)24(30)33-5/h6-12,14-15,20H,13H2,1-5H3,(H,28,31). The van der Waals surface area contributed by atoms with Gasteiger partial charge in [-0.15, -0.1) is 0 Å². The van der Waals surface area contributed by atoms with Crippen molar-refractivity contribution >= 4 is 34.9 Å². The van der Waals surface area contributed by atoms with E-state index in [-0.39, 0.29) is 17.9 Å². The molecule has 1 N–H and O–H groups in total. The maximum Gasteiger partial charge on any atom is 0.412 e. The van der Waals surface area contributed by atoms with Gasteiger partial charge >= 0.3 is 12.1 Å². The number of pyridine rings is 1. The number of carbonyl (C=O) groups excluding carboxylic acids is 3. The first-order valence-corrected chi connectivity index (χ1v) is 11.8. The molecule has 0 fully saturated rings. The summed E-state index contributed by atoms with van der Waals surface area (Å²) in [5.41, 5.74) is 1.47. The minimum Gasteiger partial charge on any atom is -0.497 e. The number of rotatable bonds is 8. The Labute approximate surface area is 208 Å². The average Bonchev–Trinajstić information content (AvgIpc) is 3.36. The molecule has 1 unspecified atom stereocenters. The van der Waals surface area contributed by atoms with Crippen LogP contribution in [-0.2, 0) is 15.9 Å². The molecule has 2 heterocycles. The van der Waals surface area contributed by atoms with Gasteiger partial charge in [0.15, 0.2) is 5.78 Å². The first-order chi connectivity index (χ1) is 16.6. The Morgan fingerprint density at radius 2 is 1.86 bits per heavy atom. The van der Waals surface area contributed by atoms with Crippen molar-refractivity contribution in [3.63, 3.8) is 0 Å². The van der Waals surface area contributed by atoms with Crippen molar-refractivity contribution in [2.24, 2.45) is 0 Å². The Hall–Kier alpha value is -3.72. The van der Waals surface area contributed by atoms with Crippen LogP contribution in [0.2, 0.25) is 0 Å². The number of anilines is 1. The van der Waals surface area contributed by atoms with E-state index in [0.717, 1.165) is 0 Å². The second-order valence-electron chi connectivity index (χ2n) is 8.72. The van der Waals surface area contributed by atoms with Crippen LogP contribution in [0.3, 0.4) is 0 Å². The topological polar surface area (TPSA) is 104 Å². The summed E-state index contributed by atoms with van der Waals surface area (Å²) >= 11 is 1.42. The predicted molar refractivity (Wildman–Crippen MR) is 134 cm³/mol. The Morgan fingerprint density at radius 3 is 2.49 bits per heavy atom. The number of aromatic nitrogens is 1. The van der Waals surface area contributed by atoms with Crippen LogP contribution < -0.4 is 10.1 Å². The minimum absolute atomic E-state index is 0.145. The van der Waals surface area contributed by atoms with Crippen LogP contribution >= 0.6 is 11.3 Å². The molecular formula is C26H28N2O6S. The summed E-state index contributed by atoms with van der Waals surface area (Å²) in [5, 5.41) is 6.37. The van der Waals surface area contributed by atoms with Gasteiger partial charge < -0.3 is 14.2 Å². The lowest BCUT2D eigenvalue weighted by atomic mass is 9.86. The van der Waals surface area contributed by atoms with Crippen molar-refractivity contribution in [3.05, 3.63) is 75.7 Å². The van der Waals surface area contributed by atoms with Crippen LogP contribution in [0.15, 0.2) is 53.2 Å². The van der Waals surface area contributed by atoms with E-state index in [2.05, 4.69) is 10.3 Å². The van der Waals surface area contributed by atoms with Crippen molar-refractivity contribution in [1.29, 1.82) is 0 Å². The molecule has 35 heavy (non-hydrogen) atoms. The number of hydrogen-bond donors (Lipinski definition) is 1. The molecule has 3 aromatic rings. The molecule has 184 valence electrons. The second kappa shape index (κ2) is 11.1. The normalized spacial score (nSPS) is 11.9. The second-order valence-corrected chi connectivity index (χ2v) is 9.50. The number of Topliss-reactive ketones (excluding diaryl/α,β-unsaturated/α-hetero) is 1. The van der Waals surface area contributed by atoms with E-state index < -0.39 is 23.6 Å². The third kappa shape index (κ3) is 6.89. The summed E-state index contributed by atoms with van der Waals surface area (Å²) in [4.78, 5) is 42.6. The lowest BCUT2D eigenvalue weighted by Gasteiger charge is -2.23. The number of ketones is 1. The number of amides is 1. The summed E-state index contributed by atoms with van der Waals surface area (Å²) < 4.78 is 15.5. The summed E-state index contributed by atoms with van der Waals surface area (Å²) in [5.74, 6) is -0.911. The fourth-order valence-electron chi connectivity index (χ4n) is 3.46. The largest absolute Gasteiger partial charge is 0.497 e. The first-order valence-electron chi connectivity index (χ1n) is 10.9. The van der Waals surface area contributed by atoms with Crippen molar-refractivity contribution in [1.82, 2.24) is 4.98 Å². The molecule has 3 rings (SSSR count). The van der Waals surface area contributed by atoms with Gasteiger partial charge in [-0.2, -0.15) is 11.3 Å². The van der Waals surface area contributed by atoms with E-state index in [9.17, 15) is 14.4 Å². The number of nitrogens with one attached hydrogen (secondary N) is 1. The Balaban J connectivity index is 2.05. The number of hydrogen-bond acceptors (Lipinski definition) is 8. The molecule has 9 heteroatoms. The molecule has 0 bridgehead atoms. The van der Waals surface area contributed by atoms with Gasteiger partial charge in [0.25, 0.3) is 0 Å².